The third-order valence-electron chi connectivity index (χ3n) is 1.47. The molecule has 0 fully saturated rings. The van der Waals surface area contributed by atoms with Gasteiger partial charge in [-0.15, -0.1) is 0 Å². The van der Waals surface area contributed by atoms with E-state index in [2.05, 4.69) is 20.9 Å². The van der Waals surface area contributed by atoms with Gasteiger partial charge in [-0.05, 0) is 11.6 Å². The molecule has 1 rings (SSSR count). The van der Waals surface area contributed by atoms with Gasteiger partial charge < -0.3 is 5.73 Å². The SMILES string of the molecule is Nc1nccc(CBr)c1C(F)F. The lowest BCUT2D eigenvalue weighted by molar-refractivity contribution is 0.151. The fourth-order valence-electron chi connectivity index (χ4n) is 0.900. The molecule has 12 heavy (non-hydrogen) atoms. The Bertz CT molecular complexity index is 278. The van der Waals surface area contributed by atoms with Gasteiger partial charge in [-0.3, -0.25) is 0 Å². The number of rotatable bonds is 2. The van der Waals surface area contributed by atoms with Crippen LogP contribution in [0.5, 0.6) is 0 Å². The van der Waals surface area contributed by atoms with Gasteiger partial charge in [0.25, 0.3) is 6.43 Å². The fourth-order valence-corrected chi connectivity index (χ4v) is 1.39. The van der Waals surface area contributed by atoms with E-state index in [-0.39, 0.29) is 11.4 Å². The van der Waals surface area contributed by atoms with Crippen molar-refractivity contribution in [2.24, 2.45) is 0 Å². The molecule has 1 aromatic rings. The number of hydrogen-bond donors (Lipinski definition) is 1. The zero-order valence-corrected chi connectivity index (χ0v) is 7.68. The van der Waals surface area contributed by atoms with Crippen LogP contribution in [0.25, 0.3) is 0 Å². The molecule has 0 spiro atoms. The molecule has 0 aromatic carbocycles. The molecular formula is C7H7BrF2N2. The minimum absolute atomic E-state index is 0.0954. The van der Waals surface area contributed by atoms with Gasteiger partial charge in [-0.2, -0.15) is 0 Å². The molecule has 2 N–H and O–H groups in total. The number of hydrogen-bond acceptors (Lipinski definition) is 2. The molecular weight excluding hydrogens is 230 g/mol. The van der Waals surface area contributed by atoms with Crippen molar-refractivity contribution in [3.63, 3.8) is 0 Å². The first-order valence-corrected chi connectivity index (χ1v) is 4.36. The highest BCUT2D eigenvalue weighted by atomic mass is 79.9. The second-order valence-electron chi connectivity index (χ2n) is 2.20. The summed E-state index contributed by atoms with van der Waals surface area (Å²) in [4.78, 5) is 3.59. The Hall–Kier alpha value is -0.710. The fraction of sp³-hybridized carbons (Fsp3) is 0.286. The molecule has 0 aliphatic rings. The van der Waals surface area contributed by atoms with E-state index in [1.54, 1.807) is 0 Å². The van der Waals surface area contributed by atoms with Crippen LogP contribution < -0.4 is 5.73 Å². The summed E-state index contributed by atoms with van der Waals surface area (Å²) in [5, 5.41) is 0.361. The van der Waals surface area contributed by atoms with Crippen LogP contribution in [-0.2, 0) is 5.33 Å². The first-order valence-electron chi connectivity index (χ1n) is 3.24. The van der Waals surface area contributed by atoms with Crippen molar-refractivity contribution in [1.82, 2.24) is 4.98 Å². The van der Waals surface area contributed by atoms with Gasteiger partial charge in [-0.25, -0.2) is 13.8 Å². The molecule has 1 heterocycles. The van der Waals surface area contributed by atoms with E-state index < -0.39 is 6.43 Å². The van der Waals surface area contributed by atoms with E-state index in [9.17, 15) is 8.78 Å². The zero-order valence-electron chi connectivity index (χ0n) is 6.10. The third kappa shape index (κ3) is 1.72. The summed E-state index contributed by atoms with van der Waals surface area (Å²) in [6, 6.07) is 1.52. The number of alkyl halides is 3. The lowest BCUT2D eigenvalue weighted by Gasteiger charge is -2.07. The van der Waals surface area contributed by atoms with Crippen LogP contribution in [0.4, 0.5) is 14.6 Å². The number of anilines is 1. The van der Waals surface area contributed by atoms with Crippen LogP contribution in [-0.4, -0.2) is 4.98 Å². The standard InChI is InChI=1S/C7H7BrF2N2/c8-3-4-1-2-12-7(11)5(4)6(9)10/h1-2,6H,3H2,(H2,11,12). The van der Waals surface area contributed by atoms with Gasteiger partial charge >= 0.3 is 0 Å². The van der Waals surface area contributed by atoms with E-state index in [1.165, 1.54) is 12.3 Å². The van der Waals surface area contributed by atoms with Crippen molar-refractivity contribution in [2.45, 2.75) is 11.8 Å². The van der Waals surface area contributed by atoms with Gasteiger partial charge in [0.2, 0.25) is 0 Å². The van der Waals surface area contributed by atoms with Crippen molar-refractivity contribution in [2.75, 3.05) is 5.73 Å². The minimum atomic E-state index is -2.56. The quantitative estimate of drug-likeness (QED) is 0.802. The summed E-state index contributed by atoms with van der Waals surface area (Å²) in [5.41, 5.74) is 5.60. The molecule has 66 valence electrons. The van der Waals surface area contributed by atoms with Crippen molar-refractivity contribution >= 4 is 21.7 Å². The van der Waals surface area contributed by atoms with Gasteiger partial charge in [0.05, 0.1) is 5.56 Å². The molecule has 0 radical (unpaired) electrons. The molecule has 2 nitrogen and oxygen atoms in total. The number of halogens is 3. The normalized spacial score (nSPS) is 10.7. The van der Waals surface area contributed by atoms with E-state index in [0.29, 0.717) is 10.9 Å². The molecule has 0 amide bonds. The highest BCUT2D eigenvalue weighted by Crippen LogP contribution is 2.28. The maximum Gasteiger partial charge on any atom is 0.267 e. The van der Waals surface area contributed by atoms with Crippen LogP contribution in [0.2, 0.25) is 0 Å². The summed E-state index contributed by atoms with van der Waals surface area (Å²) in [5.74, 6) is -0.0954. The molecule has 0 saturated heterocycles. The van der Waals surface area contributed by atoms with E-state index in [1.807, 2.05) is 0 Å². The molecule has 0 unspecified atom stereocenters. The minimum Gasteiger partial charge on any atom is -0.383 e. The van der Waals surface area contributed by atoms with E-state index in [4.69, 9.17) is 5.73 Å². The van der Waals surface area contributed by atoms with Crippen molar-refractivity contribution in [1.29, 1.82) is 0 Å². The molecule has 0 atom stereocenters. The maximum atomic E-state index is 12.3. The predicted molar refractivity (Wildman–Crippen MR) is 46.2 cm³/mol. The number of nitrogens with two attached hydrogens (primary N) is 1. The number of nitrogen functional groups attached to an aromatic ring is 1. The Morgan fingerprint density at radius 2 is 2.25 bits per heavy atom. The second kappa shape index (κ2) is 3.80. The van der Waals surface area contributed by atoms with Crippen LogP contribution >= 0.6 is 15.9 Å². The Kier molecular flexibility index (Phi) is 2.97. The average Bonchev–Trinajstić information content (AvgIpc) is 2.03. The second-order valence-corrected chi connectivity index (χ2v) is 2.76. The van der Waals surface area contributed by atoms with Crippen LogP contribution in [0.15, 0.2) is 12.3 Å². The van der Waals surface area contributed by atoms with Gasteiger partial charge in [0.15, 0.2) is 0 Å². The predicted octanol–water partition coefficient (Wildman–Crippen LogP) is 2.50. The molecule has 0 aliphatic carbocycles. The van der Waals surface area contributed by atoms with Gasteiger partial charge in [0, 0.05) is 11.5 Å². The van der Waals surface area contributed by atoms with Gasteiger partial charge in [-0.1, -0.05) is 15.9 Å². The number of aromatic nitrogens is 1. The van der Waals surface area contributed by atoms with Crippen molar-refractivity contribution < 1.29 is 8.78 Å². The van der Waals surface area contributed by atoms with Crippen LogP contribution in [0.3, 0.4) is 0 Å². The van der Waals surface area contributed by atoms with Crippen molar-refractivity contribution in [3.05, 3.63) is 23.4 Å². The lowest BCUT2D eigenvalue weighted by Crippen LogP contribution is -2.01. The van der Waals surface area contributed by atoms with Crippen LogP contribution in [0.1, 0.15) is 17.6 Å². The summed E-state index contributed by atoms with van der Waals surface area (Å²) in [6.07, 6.45) is -1.15. The first-order chi connectivity index (χ1) is 5.66. The lowest BCUT2D eigenvalue weighted by atomic mass is 10.1. The first kappa shape index (κ1) is 9.38. The molecule has 0 saturated carbocycles. The number of nitrogens with zero attached hydrogens (tertiary/aromatic N) is 1. The average molecular weight is 237 g/mol. The Labute approximate surface area is 76.9 Å². The molecule has 1 aromatic heterocycles. The van der Waals surface area contributed by atoms with Crippen LogP contribution in [0, 0.1) is 0 Å². The maximum absolute atomic E-state index is 12.3. The third-order valence-corrected chi connectivity index (χ3v) is 2.08. The topological polar surface area (TPSA) is 38.9 Å². The zero-order chi connectivity index (χ0) is 9.14. The molecule has 0 aliphatic heterocycles. The summed E-state index contributed by atoms with van der Waals surface area (Å²) in [7, 11) is 0. The summed E-state index contributed by atoms with van der Waals surface area (Å²) in [6.45, 7) is 0. The number of pyridine rings is 1. The Morgan fingerprint density at radius 3 is 2.67 bits per heavy atom. The Morgan fingerprint density at radius 1 is 1.58 bits per heavy atom. The van der Waals surface area contributed by atoms with E-state index >= 15 is 0 Å². The molecule has 0 bridgehead atoms. The Balaban J connectivity index is 3.20. The van der Waals surface area contributed by atoms with E-state index in [0.717, 1.165) is 0 Å². The van der Waals surface area contributed by atoms with Crippen molar-refractivity contribution in [3.8, 4) is 0 Å². The smallest absolute Gasteiger partial charge is 0.267 e. The van der Waals surface area contributed by atoms with Gasteiger partial charge in [0.1, 0.15) is 5.82 Å². The largest absolute Gasteiger partial charge is 0.383 e. The monoisotopic (exact) mass is 236 g/mol. The summed E-state index contributed by atoms with van der Waals surface area (Å²) < 4.78 is 24.7. The highest BCUT2D eigenvalue weighted by molar-refractivity contribution is 9.08. The highest BCUT2D eigenvalue weighted by Gasteiger charge is 2.16. The molecule has 5 heteroatoms. The summed E-state index contributed by atoms with van der Waals surface area (Å²) >= 11 is 3.09.